The van der Waals surface area contributed by atoms with E-state index in [1.807, 2.05) is 97.9 Å². The van der Waals surface area contributed by atoms with Crippen LogP contribution in [0.3, 0.4) is 0 Å². The lowest BCUT2D eigenvalue weighted by Crippen LogP contribution is -2.34. The fourth-order valence-electron chi connectivity index (χ4n) is 3.68. The lowest BCUT2D eigenvalue weighted by atomic mass is 10.00. The molecule has 0 unspecified atom stereocenters. The number of anilines is 3. The molecule has 0 bridgehead atoms. The second-order valence-corrected chi connectivity index (χ2v) is 7.98. The van der Waals surface area contributed by atoms with E-state index in [9.17, 15) is 9.59 Å². The van der Waals surface area contributed by atoms with Crippen molar-refractivity contribution in [2.45, 2.75) is 0 Å². The molecule has 1 heterocycles. The van der Waals surface area contributed by atoms with Crippen molar-refractivity contribution in [3.8, 4) is 0 Å². The number of carbonyl (C=O) groups is 2. The van der Waals surface area contributed by atoms with Crippen LogP contribution in [0.25, 0.3) is 11.3 Å². The summed E-state index contributed by atoms with van der Waals surface area (Å²) in [7, 11) is 5.51. The third kappa shape index (κ3) is 5.25. The third-order valence-electron chi connectivity index (χ3n) is 5.33. The van der Waals surface area contributed by atoms with Gasteiger partial charge in [-0.15, -0.1) is 12.4 Å². The standard InChI is InChI=1S/C26H26N4O2.ClH/c1-29(2)17-23(31)30(3)20-15-13-19(14-16-20)27-25(18-9-5-4-6-10-18)24-21-11-7-8-12-22(21)28-26(24)32;/h4-16,27H,17H2,1-3H3,(H,28,32);1H. The van der Waals surface area contributed by atoms with Crippen LogP contribution < -0.4 is 15.5 Å². The summed E-state index contributed by atoms with van der Waals surface area (Å²) in [6, 6.07) is 25.1. The molecular formula is C26H27ClN4O2. The van der Waals surface area contributed by atoms with Crippen LogP contribution in [-0.2, 0) is 9.59 Å². The number of para-hydroxylation sites is 1. The van der Waals surface area contributed by atoms with E-state index in [-0.39, 0.29) is 24.2 Å². The highest BCUT2D eigenvalue weighted by Gasteiger charge is 2.28. The Morgan fingerprint density at radius 3 is 2.18 bits per heavy atom. The van der Waals surface area contributed by atoms with Crippen LogP contribution in [0.5, 0.6) is 0 Å². The second-order valence-electron chi connectivity index (χ2n) is 7.98. The molecule has 0 aliphatic carbocycles. The average molecular weight is 463 g/mol. The number of benzene rings is 3. The molecular weight excluding hydrogens is 436 g/mol. The Bertz CT molecular complexity index is 1170. The Balaban J connectivity index is 0.00000306. The van der Waals surface area contributed by atoms with E-state index < -0.39 is 0 Å². The van der Waals surface area contributed by atoms with Crippen molar-refractivity contribution < 1.29 is 9.59 Å². The molecule has 0 fully saturated rings. The van der Waals surface area contributed by atoms with Gasteiger partial charge in [0.2, 0.25) is 5.91 Å². The van der Waals surface area contributed by atoms with Gasteiger partial charge in [0.15, 0.2) is 0 Å². The Morgan fingerprint density at radius 2 is 1.52 bits per heavy atom. The van der Waals surface area contributed by atoms with E-state index in [2.05, 4.69) is 10.6 Å². The quantitative estimate of drug-likeness (QED) is 0.527. The van der Waals surface area contributed by atoms with Gasteiger partial charge in [-0.3, -0.25) is 9.59 Å². The molecule has 33 heavy (non-hydrogen) atoms. The topological polar surface area (TPSA) is 64.7 Å². The SMILES string of the molecule is CN(C)CC(=O)N(C)c1ccc(NC(=C2C(=O)Nc3ccccc32)c2ccccc2)cc1.Cl. The van der Waals surface area contributed by atoms with E-state index in [1.165, 1.54) is 0 Å². The third-order valence-corrected chi connectivity index (χ3v) is 5.33. The zero-order valence-electron chi connectivity index (χ0n) is 18.8. The normalized spacial score (nSPS) is 13.6. The molecule has 0 saturated carbocycles. The Labute approximate surface area is 200 Å². The van der Waals surface area contributed by atoms with Gasteiger partial charge in [-0.1, -0.05) is 48.5 Å². The van der Waals surface area contributed by atoms with Crippen molar-refractivity contribution in [3.63, 3.8) is 0 Å². The smallest absolute Gasteiger partial charge is 0.258 e. The van der Waals surface area contributed by atoms with Crippen LogP contribution in [0.2, 0.25) is 0 Å². The van der Waals surface area contributed by atoms with Gasteiger partial charge in [-0.05, 0) is 50.0 Å². The number of rotatable bonds is 6. The highest BCUT2D eigenvalue weighted by Crippen LogP contribution is 2.37. The number of nitrogens with zero attached hydrogens (tertiary/aromatic N) is 2. The molecule has 0 aromatic heterocycles. The zero-order chi connectivity index (χ0) is 22.7. The maximum absolute atomic E-state index is 12.9. The van der Waals surface area contributed by atoms with Gasteiger partial charge < -0.3 is 20.4 Å². The minimum Gasteiger partial charge on any atom is -0.354 e. The predicted octanol–water partition coefficient (Wildman–Crippen LogP) is 4.57. The van der Waals surface area contributed by atoms with Gasteiger partial charge in [0, 0.05) is 29.7 Å². The lowest BCUT2D eigenvalue weighted by Gasteiger charge is -2.20. The molecule has 0 saturated heterocycles. The van der Waals surface area contributed by atoms with Crippen LogP contribution in [-0.4, -0.2) is 44.4 Å². The lowest BCUT2D eigenvalue weighted by molar-refractivity contribution is -0.119. The average Bonchev–Trinajstić information content (AvgIpc) is 3.13. The van der Waals surface area contributed by atoms with Crippen molar-refractivity contribution in [2.75, 3.05) is 43.2 Å². The minimum absolute atomic E-state index is 0. The number of nitrogens with one attached hydrogen (secondary N) is 2. The fraction of sp³-hybridized carbons (Fsp3) is 0.154. The summed E-state index contributed by atoms with van der Waals surface area (Å²) >= 11 is 0. The van der Waals surface area contributed by atoms with E-state index in [0.717, 1.165) is 33.9 Å². The van der Waals surface area contributed by atoms with Gasteiger partial charge in [-0.25, -0.2) is 0 Å². The predicted molar refractivity (Wildman–Crippen MR) is 138 cm³/mol. The van der Waals surface area contributed by atoms with Gasteiger partial charge in [0.25, 0.3) is 5.91 Å². The molecule has 170 valence electrons. The molecule has 6 nitrogen and oxygen atoms in total. The summed E-state index contributed by atoms with van der Waals surface area (Å²) < 4.78 is 0. The highest BCUT2D eigenvalue weighted by atomic mass is 35.5. The summed E-state index contributed by atoms with van der Waals surface area (Å²) in [5.74, 6) is -0.120. The van der Waals surface area contributed by atoms with E-state index >= 15 is 0 Å². The minimum atomic E-state index is -0.136. The summed E-state index contributed by atoms with van der Waals surface area (Å²) in [6.07, 6.45) is 0. The molecule has 0 spiro atoms. The molecule has 2 N–H and O–H groups in total. The molecule has 3 aromatic rings. The first-order valence-electron chi connectivity index (χ1n) is 10.4. The maximum Gasteiger partial charge on any atom is 0.258 e. The number of hydrogen-bond acceptors (Lipinski definition) is 4. The van der Waals surface area contributed by atoms with Crippen LogP contribution in [0.15, 0.2) is 78.9 Å². The Morgan fingerprint density at radius 1 is 0.879 bits per heavy atom. The summed E-state index contributed by atoms with van der Waals surface area (Å²) in [4.78, 5) is 28.7. The monoisotopic (exact) mass is 462 g/mol. The highest BCUT2D eigenvalue weighted by molar-refractivity contribution is 6.37. The number of halogens is 1. The van der Waals surface area contributed by atoms with Crippen molar-refractivity contribution in [3.05, 3.63) is 90.0 Å². The molecule has 1 aliphatic heterocycles. The van der Waals surface area contributed by atoms with E-state index in [0.29, 0.717) is 12.1 Å². The van der Waals surface area contributed by atoms with Crippen LogP contribution in [0.1, 0.15) is 11.1 Å². The number of fused-ring (bicyclic) bond motifs is 1. The molecule has 2 amide bonds. The summed E-state index contributed by atoms with van der Waals surface area (Å²) in [5, 5.41) is 6.39. The van der Waals surface area contributed by atoms with Gasteiger partial charge in [0.05, 0.1) is 17.8 Å². The number of hydrogen-bond donors (Lipinski definition) is 2. The van der Waals surface area contributed by atoms with Crippen molar-refractivity contribution >= 4 is 52.6 Å². The molecule has 0 atom stereocenters. The van der Waals surface area contributed by atoms with Crippen LogP contribution in [0.4, 0.5) is 17.1 Å². The second kappa shape index (κ2) is 10.3. The van der Waals surface area contributed by atoms with E-state index in [4.69, 9.17) is 0 Å². The van der Waals surface area contributed by atoms with Crippen molar-refractivity contribution in [1.29, 1.82) is 0 Å². The van der Waals surface area contributed by atoms with Gasteiger partial charge in [0.1, 0.15) is 0 Å². The maximum atomic E-state index is 12.9. The van der Waals surface area contributed by atoms with Crippen LogP contribution >= 0.6 is 12.4 Å². The van der Waals surface area contributed by atoms with Crippen molar-refractivity contribution in [2.24, 2.45) is 0 Å². The molecule has 3 aromatic carbocycles. The molecule has 0 radical (unpaired) electrons. The van der Waals surface area contributed by atoms with Gasteiger partial charge in [-0.2, -0.15) is 0 Å². The number of likely N-dealkylation sites (N-methyl/N-ethyl adjacent to an activating group) is 2. The first kappa shape index (κ1) is 24.0. The Kier molecular flexibility index (Phi) is 7.53. The molecule has 4 rings (SSSR count). The Hall–Kier alpha value is -3.61. The number of amides is 2. The zero-order valence-corrected chi connectivity index (χ0v) is 19.6. The molecule has 7 heteroatoms. The van der Waals surface area contributed by atoms with E-state index in [1.54, 1.807) is 11.9 Å². The first-order chi connectivity index (χ1) is 15.4. The first-order valence-corrected chi connectivity index (χ1v) is 10.4. The van der Waals surface area contributed by atoms with Gasteiger partial charge >= 0.3 is 0 Å². The summed E-state index contributed by atoms with van der Waals surface area (Å²) in [5.41, 5.74) is 5.56. The largest absolute Gasteiger partial charge is 0.354 e. The summed E-state index contributed by atoms with van der Waals surface area (Å²) in [6.45, 7) is 0.343. The van der Waals surface area contributed by atoms with Crippen molar-refractivity contribution in [1.82, 2.24) is 4.90 Å². The molecule has 1 aliphatic rings. The van der Waals surface area contributed by atoms with Crippen LogP contribution in [0, 0.1) is 0 Å². The number of carbonyl (C=O) groups excluding carboxylic acids is 2. The fourth-order valence-corrected chi connectivity index (χ4v) is 3.68.